The number of hydrogen-bond donors (Lipinski definition) is 0. The Morgan fingerprint density at radius 2 is 1.96 bits per heavy atom. The first kappa shape index (κ1) is 14.8. The van der Waals surface area contributed by atoms with Crippen molar-refractivity contribution < 1.29 is 14.3 Å². The van der Waals surface area contributed by atoms with Gasteiger partial charge in [0.05, 0.1) is 31.3 Å². The number of ether oxygens (including phenoxy) is 2. The minimum Gasteiger partial charge on any atom is -0.378 e. The summed E-state index contributed by atoms with van der Waals surface area (Å²) in [6.45, 7) is 6.07. The zero-order chi connectivity index (χ0) is 15.8. The molecule has 3 aliphatic rings. The van der Waals surface area contributed by atoms with Crippen LogP contribution in [0.1, 0.15) is 12.0 Å². The van der Waals surface area contributed by atoms with Gasteiger partial charge < -0.3 is 19.3 Å². The monoisotopic (exact) mass is 318 g/mol. The summed E-state index contributed by atoms with van der Waals surface area (Å²) in [6.07, 6.45) is 4.48. The van der Waals surface area contributed by atoms with Crippen LogP contribution in [-0.4, -0.2) is 72.4 Å². The number of morpholine rings is 2. The molecule has 124 valence electrons. The van der Waals surface area contributed by atoms with E-state index in [1.54, 1.807) is 0 Å². The molecule has 3 aliphatic heterocycles. The minimum absolute atomic E-state index is 0.0476. The summed E-state index contributed by atoms with van der Waals surface area (Å²) in [5, 5.41) is 0. The number of carbonyl (C=O) groups excluding carboxylic acids is 1. The fourth-order valence-electron chi connectivity index (χ4n) is 3.65. The second-order valence-corrected chi connectivity index (χ2v) is 6.54. The number of nitrogens with zero attached hydrogens (tertiary/aromatic N) is 4. The highest BCUT2D eigenvalue weighted by Crippen LogP contribution is 2.34. The molecule has 2 bridgehead atoms. The highest BCUT2D eigenvalue weighted by Gasteiger charge is 2.46. The Hall–Kier alpha value is -1.73. The molecule has 0 aromatic carbocycles. The highest BCUT2D eigenvalue weighted by atomic mass is 16.5. The van der Waals surface area contributed by atoms with E-state index in [0.717, 1.165) is 24.5 Å². The molecule has 0 N–H and O–H groups in total. The molecule has 3 saturated heterocycles. The first-order valence-electron chi connectivity index (χ1n) is 8.26. The Balaban J connectivity index is 1.45. The van der Waals surface area contributed by atoms with Crippen molar-refractivity contribution in [3.05, 3.63) is 18.0 Å². The van der Waals surface area contributed by atoms with Crippen LogP contribution in [-0.2, 0) is 14.3 Å². The molecule has 3 atom stereocenters. The van der Waals surface area contributed by atoms with E-state index in [9.17, 15) is 4.79 Å². The summed E-state index contributed by atoms with van der Waals surface area (Å²) in [6, 6.07) is 0. The Morgan fingerprint density at radius 3 is 2.70 bits per heavy atom. The molecule has 7 heteroatoms. The van der Waals surface area contributed by atoms with E-state index in [4.69, 9.17) is 9.47 Å². The third kappa shape index (κ3) is 2.90. The van der Waals surface area contributed by atoms with Crippen molar-refractivity contribution in [3.63, 3.8) is 0 Å². The van der Waals surface area contributed by atoms with Gasteiger partial charge in [-0.2, -0.15) is 0 Å². The van der Waals surface area contributed by atoms with Gasteiger partial charge in [-0.15, -0.1) is 0 Å². The van der Waals surface area contributed by atoms with Crippen LogP contribution in [0.15, 0.2) is 12.4 Å². The predicted octanol–water partition coefficient (Wildman–Crippen LogP) is 0.238. The summed E-state index contributed by atoms with van der Waals surface area (Å²) in [4.78, 5) is 25.6. The number of anilines is 1. The van der Waals surface area contributed by atoms with Gasteiger partial charge >= 0.3 is 0 Å². The molecule has 1 amide bonds. The topological polar surface area (TPSA) is 67.8 Å². The third-order valence-electron chi connectivity index (χ3n) is 4.85. The fraction of sp³-hybridized carbons (Fsp3) is 0.688. The van der Waals surface area contributed by atoms with E-state index in [2.05, 4.69) is 14.9 Å². The maximum absolute atomic E-state index is 12.8. The van der Waals surface area contributed by atoms with E-state index in [0.29, 0.717) is 32.8 Å². The Kier molecular flexibility index (Phi) is 3.90. The van der Waals surface area contributed by atoms with Crippen LogP contribution in [0.5, 0.6) is 0 Å². The van der Waals surface area contributed by atoms with Gasteiger partial charge in [0, 0.05) is 38.6 Å². The zero-order valence-corrected chi connectivity index (χ0v) is 13.4. The van der Waals surface area contributed by atoms with Crippen molar-refractivity contribution in [1.29, 1.82) is 0 Å². The standard InChI is InChI=1S/C16H22N4O3/c1-11-7-17-16(18-8-11)20-9-12-6-13(14(10-20)23-12)15(21)19-2-4-22-5-3-19/h7-8,12-14H,2-6,9-10H2,1H3. The third-order valence-corrected chi connectivity index (χ3v) is 4.85. The smallest absolute Gasteiger partial charge is 0.228 e. The van der Waals surface area contributed by atoms with E-state index in [1.165, 1.54) is 0 Å². The van der Waals surface area contributed by atoms with Gasteiger partial charge in [0.2, 0.25) is 11.9 Å². The quantitative estimate of drug-likeness (QED) is 0.778. The molecule has 0 radical (unpaired) electrons. The summed E-state index contributed by atoms with van der Waals surface area (Å²) in [5.74, 6) is 0.898. The molecular formula is C16H22N4O3. The van der Waals surface area contributed by atoms with Crippen molar-refractivity contribution in [3.8, 4) is 0 Å². The number of fused-ring (bicyclic) bond motifs is 2. The van der Waals surface area contributed by atoms with E-state index in [1.807, 2.05) is 24.2 Å². The molecule has 3 fully saturated rings. The molecule has 7 nitrogen and oxygen atoms in total. The molecule has 1 aromatic rings. The second kappa shape index (κ2) is 6.05. The lowest BCUT2D eigenvalue weighted by Crippen LogP contribution is -2.48. The summed E-state index contributed by atoms with van der Waals surface area (Å²) in [5.41, 5.74) is 1.05. The van der Waals surface area contributed by atoms with Crippen LogP contribution in [0.25, 0.3) is 0 Å². The van der Waals surface area contributed by atoms with Gasteiger partial charge in [-0.3, -0.25) is 4.79 Å². The highest BCUT2D eigenvalue weighted by molar-refractivity contribution is 5.80. The largest absolute Gasteiger partial charge is 0.378 e. The number of amides is 1. The predicted molar refractivity (Wildman–Crippen MR) is 83.1 cm³/mol. The summed E-state index contributed by atoms with van der Waals surface area (Å²) >= 11 is 0. The van der Waals surface area contributed by atoms with Crippen molar-refractivity contribution in [2.45, 2.75) is 25.6 Å². The number of rotatable bonds is 2. The second-order valence-electron chi connectivity index (χ2n) is 6.54. The van der Waals surface area contributed by atoms with E-state index in [-0.39, 0.29) is 24.0 Å². The molecule has 0 saturated carbocycles. The van der Waals surface area contributed by atoms with Gasteiger partial charge in [0.1, 0.15) is 0 Å². The molecule has 0 spiro atoms. The maximum atomic E-state index is 12.8. The molecule has 4 rings (SSSR count). The van der Waals surface area contributed by atoms with Crippen LogP contribution in [0, 0.1) is 12.8 Å². The van der Waals surface area contributed by atoms with Gasteiger partial charge in [-0.1, -0.05) is 0 Å². The number of aromatic nitrogens is 2. The van der Waals surface area contributed by atoms with Gasteiger partial charge in [0.25, 0.3) is 0 Å². The van der Waals surface area contributed by atoms with Gasteiger partial charge in [-0.05, 0) is 18.9 Å². The lowest BCUT2D eigenvalue weighted by Gasteiger charge is -2.34. The Morgan fingerprint density at radius 1 is 1.22 bits per heavy atom. The summed E-state index contributed by atoms with van der Waals surface area (Å²) < 4.78 is 11.4. The molecule has 4 heterocycles. The number of carbonyl (C=O) groups is 1. The van der Waals surface area contributed by atoms with Gasteiger partial charge in [0.15, 0.2) is 0 Å². The fourth-order valence-corrected chi connectivity index (χ4v) is 3.65. The first-order chi connectivity index (χ1) is 11.2. The number of aryl methyl sites for hydroxylation is 1. The molecule has 1 aromatic heterocycles. The number of hydrogen-bond acceptors (Lipinski definition) is 6. The van der Waals surface area contributed by atoms with Crippen molar-refractivity contribution >= 4 is 11.9 Å². The maximum Gasteiger partial charge on any atom is 0.228 e. The van der Waals surface area contributed by atoms with Crippen LogP contribution in [0.4, 0.5) is 5.95 Å². The average Bonchev–Trinajstić information content (AvgIpc) is 2.89. The van der Waals surface area contributed by atoms with Crippen LogP contribution < -0.4 is 4.90 Å². The van der Waals surface area contributed by atoms with Gasteiger partial charge in [-0.25, -0.2) is 9.97 Å². The van der Waals surface area contributed by atoms with Crippen molar-refractivity contribution in [1.82, 2.24) is 14.9 Å². The normalized spacial score (nSPS) is 30.6. The van der Waals surface area contributed by atoms with E-state index >= 15 is 0 Å². The first-order valence-corrected chi connectivity index (χ1v) is 8.26. The molecular weight excluding hydrogens is 296 g/mol. The SMILES string of the molecule is Cc1cnc(N2CC3CC(C(=O)N4CCOCC4)C(C2)O3)nc1. The Labute approximate surface area is 135 Å². The lowest BCUT2D eigenvalue weighted by atomic mass is 9.98. The van der Waals surface area contributed by atoms with Crippen LogP contribution >= 0.6 is 0 Å². The van der Waals surface area contributed by atoms with Crippen molar-refractivity contribution in [2.24, 2.45) is 5.92 Å². The zero-order valence-electron chi connectivity index (χ0n) is 13.4. The molecule has 0 aliphatic carbocycles. The molecule has 3 unspecified atom stereocenters. The summed E-state index contributed by atoms with van der Waals surface area (Å²) in [7, 11) is 0. The lowest BCUT2D eigenvalue weighted by molar-refractivity contribution is -0.141. The van der Waals surface area contributed by atoms with E-state index < -0.39 is 0 Å². The molecule has 23 heavy (non-hydrogen) atoms. The van der Waals surface area contributed by atoms with Crippen molar-refractivity contribution in [2.75, 3.05) is 44.3 Å². The minimum atomic E-state index is -0.0611. The Bertz CT molecular complexity index is 573. The average molecular weight is 318 g/mol. The van der Waals surface area contributed by atoms with Crippen LogP contribution in [0.2, 0.25) is 0 Å². The van der Waals surface area contributed by atoms with Crippen LogP contribution in [0.3, 0.4) is 0 Å².